The van der Waals surface area contributed by atoms with E-state index in [0.29, 0.717) is 31.7 Å². The van der Waals surface area contributed by atoms with Crippen LogP contribution < -0.4 is 15.3 Å². The summed E-state index contributed by atoms with van der Waals surface area (Å²) in [6, 6.07) is 9.99. The van der Waals surface area contributed by atoms with Gasteiger partial charge in [0.2, 0.25) is 0 Å². The van der Waals surface area contributed by atoms with Gasteiger partial charge in [-0.15, -0.1) is 0 Å². The van der Waals surface area contributed by atoms with Crippen LogP contribution in [0.1, 0.15) is 18.0 Å². The first-order valence-electron chi connectivity index (χ1n) is 11.5. The highest BCUT2D eigenvalue weighted by molar-refractivity contribution is 6.33. The standard InChI is InChI=1S/C24H27ClF5N5O/c1-32(2)22(36)34-12-10-33(11-13-34)17-7-5-6-16(14-17)19-15-21(23(26,27)24(28,29)30)35(31-19)20-9-4-3-8-18(20)25/h3-9,14,19,21,31H,10-13,15H2,1-2H3. The van der Waals surface area contributed by atoms with Crippen LogP contribution in [0.3, 0.4) is 0 Å². The Balaban J connectivity index is 1.57. The Kier molecular flexibility index (Phi) is 7.25. The smallest absolute Gasteiger partial charge is 0.368 e. The molecule has 6 nitrogen and oxygen atoms in total. The summed E-state index contributed by atoms with van der Waals surface area (Å²) in [6.45, 7) is 2.18. The minimum Gasteiger partial charge on any atom is -0.368 e. The average molecular weight is 532 g/mol. The van der Waals surface area contributed by atoms with E-state index in [0.717, 1.165) is 10.7 Å². The number of nitrogens with zero attached hydrogens (tertiary/aromatic N) is 4. The lowest BCUT2D eigenvalue weighted by atomic mass is 9.97. The highest BCUT2D eigenvalue weighted by Crippen LogP contribution is 2.47. The Bertz CT molecular complexity index is 1090. The summed E-state index contributed by atoms with van der Waals surface area (Å²) < 4.78 is 69.4. The zero-order valence-electron chi connectivity index (χ0n) is 19.8. The summed E-state index contributed by atoms with van der Waals surface area (Å²) in [4.78, 5) is 17.5. The van der Waals surface area contributed by atoms with Gasteiger partial charge in [-0.25, -0.2) is 10.2 Å². The number of anilines is 2. The van der Waals surface area contributed by atoms with Crippen LogP contribution in [-0.4, -0.2) is 74.2 Å². The average Bonchev–Trinajstić information content (AvgIpc) is 3.29. The number of urea groups is 1. The Morgan fingerprint density at radius 1 is 1.00 bits per heavy atom. The maximum Gasteiger partial charge on any atom is 0.455 e. The second kappa shape index (κ2) is 9.93. The second-order valence-corrected chi connectivity index (χ2v) is 9.53. The van der Waals surface area contributed by atoms with E-state index < -0.39 is 30.6 Å². The maximum absolute atomic E-state index is 14.6. The van der Waals surface area contributed by atoms with Gasteiger partial charge in [0, 0.05) is 46.0 Å². The molecule has 2 amide bonds. The van der Waals surface area contributed by atoms with Crippen molar-refractivity contribution in [3.63, 3.8) is 0 Å². The molecule has 2 aliphatic rings. The van der Waals surface area contributed by atoms with Crippen molar-refractivity contribution >= 4 is 29.0 Å². The fourth-order valence-electron chi connectivity index (χ4n) is 4.61. The molecule has 12 heteroatoms. The predicted octanol–water partition coefficient (Wildman–Crippen LogP) is 5.17. The van der Waals surface area contributed by atoms with E-state index in [1.165, 1.54) is 23.1 Å². The molecule has 2 unspecified atom stereocenters. The van der Waals surface area contributed by atoms with E-state index in [1.54, 1.807) is 43.3 Å². The van der Waals surface area contributed by atoms with Crippen molar-refractivity contribution in [2.75, 3.05) is 50.2 Å². The third-order valence-electron chi connectivity index (χ3n) is 6.54. The first kappa shape index (κ1) is 26.3. The first-order valence-corrected chi connectivity index (χ1v) is 11.8. The van der Waals surface area contributed by atoms with Gasteiger partial charge in [0.25, 0.3) is 0 Å². The van der Waals surface area contributed by atoms with Gasteiger partial charge in [0.05, 0.1) is 16.8 Å². The van der Waals surface area contributed by atoms with Gasteiger partial charge >= 0.3 is 18.1 Å². The molecule has 2 atom stereocenters. The molecule has 0 aromatic heterocycles. The van der Waals surface area contributed by atoms with Crippen LogP contribution in [0, 0.1) is 0 Å². The van der Waals surface area contributed by atoms with Gasteiger partial charge < -0.3 is 14.7 Å². The van der Waals surface area contributed by atoms with Crippen molar-refractivity contribution < 1.29 is 26.7 Å². The molecule has 2 aliphatic heterocycles. The van der Waals surface area contributed by atoms with E-state index in [4.69, 9.17) is 11.6 Å². The van der Waals surface area contributed by atoms with Crippen LogP contribution in [-0.2, 0) is 0 Å². The number of amides is 2. The molecule has 196 valence electrons. The molecule has 2 heterocycles. The fraction of sp³-hybridized carbons (Fsp3) is 0.458. The molecule has 0 spiro atoms. The summed E-state index contributed by atoms with van der Waals surface area (Å²) in [6.07, 6.45) is -6.20. The van der Waals surface area contributed by atoms with Crippen LogP contribution in [0.25, 0.3) is 0 Å². The quantitative estimate of drug-likeness (QED) is 0.553. The summed E-state index contributed by atoms with van der Waals surface area (Å²) in [7, 11) is 3.38. The number of rotatable bonds is 4. The Morgan fingerprint density at radius 2 is 1.67 bits per heavy atom. The van der Waals surface area contributed by atoms with Crippen LogP contribution in [0.4, 0.5) is 38.1 Å². The topological polar surface area (TPSA) is 42.1 Å². The van der Waals surface area contributed by atoms with E-state index in [-0.39, 0.29) is 16.7 Å². The molecular weight excluding hydrogens is 505 g/mol. The van der Waals surface area contributed by atoms with Gasteiger partial charge in [-0.2, -0.15) is 22.0 Å². The zero-order chi connectivity index (χ0) is 26.3. The van der Waals surface area contributed by atoms with Crippen LogP contribution in [0.15, 0.2) is 48.5 Å². The van der Waals surface area contributed by atoms with Gasteiger partial charge in [0.1, 0.15) is 6.04 Å². The number of piperazine rings is 1. The summed E-state index contributed by atoms with van der Waals surface area (Å²) in [5.41, 5.74) is 4.29. The third kappa shape index (κ3) is 5.04. The largest absolute Gasteiger partial charge is 0.455 e. The molecule has 0 bridgehead atoms. The van der Waals surface area contributed by atoms with Gasteiger partial charge in [-0.1, -0.05) is 35.9 Å². The molecule has 2 fully saturated rings. The number of hydrogen-bond acceptors (Lipinski definition) is 4. The summed E-state index contributed by atoms with van der Waals surface area (Å²) in [5.74, 6) is -4.97. The lowest BCUT2D eigenvalue weighted by Crippen LogP contribution is -2.55. The Morgan fingerprint density at radius 3 is 2.28 bits per heavy atom. The SMILES string of the molecule is CN(C)C(=O)N1CCN(c2cccc(C3CC(C(F)(F)C(F)(F)F)N(c4ccccc4Cl)N3)c2)CC1. The monoisotopic (exact) mass is 531 g/mol. The first-order chi connectivity index (χ1) is 16.9. The van der Waals surface area contributed by atoms with Crippen molar-refractivity contribution in [1.29, 1.82) is 0 Å². The minimum atomic E-state index is -5.72. The molecule has 1 N–H and O–H groups in total. The summed E-state index contributed by atoms with van der Waals surface area (Å²) in [5, 5.41) is 0.909. The molecule has 4 rings (SSSR count). The van der Waals surface area contributed by atoms with Gasteiger partial charge in [-0.3, -0.25) is 5.01 Å². The summed E-state index contributed by atoms with van der Waals surface area (Å²) >= 11 is 6.16. The Hall–Kier alpha value is -2.79. The van der Waals surface area contributed by atoms with Gasteiger partial charge in [0.15, 0.2) is 0 Å². The minimum absolute atomic E-state index is 0.0495. The molecule has 0 saturated carbocycles. The van der Waals surface area contributed by atoms with Crippen LogP contribution in [0.5, 0.6) is 0 Å². The molecule has 36 heavy (non-hydrogen) atoms. The van der Waals surface area contributed by atoms with Crippen molar-refractivity contribution in [3.05, 3.63) is 59.1 Å². The van der Waals surface area contributed by atoms with E-state index >= 15 is 0 Å². The molecule has 0 radical (unpaired) electrons. The number of carbonyl (C=O) groups is 1. The number of halogens is 6. The number of para-hydroxylation sites is 1. The number of alkyl halides is 5. The number of benzene rings is 2. The highest BCUT2D eigenvalue weighted by atomic mass is 35.5. The number of hydrazine groups is 1. The van der Waals surface area contributed by atoms with E-state index in [1.807, 2.05) is 6.07 Å². The number of hydrogen-bond donors (Lipinski definition) is 1. The van der Waals surface area contributed by atoms with Crippen LogP contribution in [0.2, 0.25) is 5.02 Å². The third-order valence-corrected chi connectivity index (χ3v) is 6.86. The molecular formula is C24H27ClF5N5O. The molecule has 2 aromatic rings. The lowest BCUT2D eigenvalue weighted by Gasteiger charge is -2.37. The van der Waals surface area contributed by atoms with Crippen molar-refractivity contribution in [3.8, 4) is 0 Å². The van der Waals surface area contributed by atoms with Crippen LogP contribution >= 0.6 is 11.6 Å². The fourth-order valence-corrected chi connectivity index (χ4v) is 4.84. The second-order valence-electron chi connectivity index (χ2n) is 9.12. The normalized spacial score (nSPS) is 21.2. The molecule has 0 aliphatic carbocycles. The highest BCUT2D eigenvalue weighted by Gasteiger charge is 2.66. The molecule has 2 saturated heterocycles. The van der Waals surface area contributed by atoms with Crippen molar-refractivity contribution in [2.45, 2.75) is 30.6 Å². The van der Waals surface area contributed by atoms with E-state index in [9.17, 15) is 26.7 Å². The Labute approximate surface area is 211 Å². The number of carbonyl (C=O) groups excluding carboxylic acids is 1. The van der Waals surface area contributed by atoms with Crippen molar-refractivity contribution in [1.82, 2.24) is 15.2 Å². The van der Waals surface area contributed by atoms with Gasteiger partial charge in [-0.05, 0) is 36.2 Å². The zero-order valence-corrected chi connectivity index (χ0v) is 20.5. The van der Waals surface area contributed by atoms with E-state index in [2.05, 4.69) is 10.3 Å². The van der Waals surface area contributed by atoms with Crippen molar-refractivity contribution in [2.24, 2.45) is 0 Å². The maximum atomic E-state index is 14.6. The lowest BCUT2D eigenvalue weighted by molar-refractivity contribution is -0.289. The molecule has 2 aromatic carbocycles. The predicted molar refractivity (Wildman–Crippen MR) is 129 cm³/mol. The number of nitrogens with one attached hydrogen (secondary N) is 1.